The molecule has 12 heteroatoms. The second-order valence-corrected chi connectivity index (χ2v) is 9.75. The number of benzene rings is 1. The second kappa shape index (κ2) is 10.5. The Hall–Kier alpha value is -4.12. The Labute approximate surface area is 217 Å². The quantitative estimate of drug-likeness (QED) is 0.385. The molecule has 0 aliphatic carbocycles. The van der Waals surface area contributed by atoms with Crippen LogP contribution in [0.25, 0.3) is 11.6 Å². The van der Waals surface area contributed by atoms with E-state index in [9.17, 15) is 14.0 Å². The van der Waals surface area contributed by atoms with E-state index in [2.05, 4.69) is 25.7 Å². The number of aromatic nitrogens is 5. The molecule has 192 valence electrons. The molecule has 0 saturated carbocycles. The van der Waals surface area contributed by atoms with Crippen molar-refractivity contribution in [3.05, 3.63) is 77.0 Å². The summed E-state index contributed by atoms with van der Waals surface area (Å²) >= 11 is 6.06. The predicted octanol–water partition coefficient (Wildman–Crippen LogP) is 4.12. The number of hydrogen-bond donors (Lipinski definition) is 1. The van der Waals surface area contributed by atoms with Crippen LogP contribution < -0.4 is 10.2 Å². The Bertz CT molecular complexity index is 1420. The van der Waals surface area contributed by atoms with Gasteiger partial charge in [-0.25, -0.2) is 4.39 Å². The lowest BCUT2D eigenvalue weighted by Gasteiger charge is -2.33. The fourth-order valence-corrected chi connectivity index (χ4v) is 3.81. The number of hydrogen-bond acceptors (Lipinski definition) is 7. The fourth-order valence-electron chi connectivity index (χ4n) is 3.63. The number of nitrogens with one attached hydrogen (secondary N) is 1. The van der Waals surface area contributed by atoms with Gasteiger partial charge in [-0.15, -0.1) is 10.2 Å². The van der Waals surface area contributed by atoms with Crippen LogP contribution in [0.5, 0.6) is 0 Å². The van der Waals surface area contributed by atoms with E-state index < -0.39 is 29.2 Å². The summed E-state index contributed by atoms with van der Waals surface area (Å²) in [5.41, 5.74) is 0.106. The molecule has 10 nitrogen and oxygen atoms in total. The predicted molar refractivity (Wildman–Crippen MR) is 134 cm³/mol. The summed E-state index contributed by atoms with van der Waals surface area (Å²) in [4.78, 5) is 33.7. The van der Waals surface area contributed by atoms with E-state index >= 15 is 0 Å². The molecule has 37 heavy (non-hydrogen) atoms. The van der Waals surface area contributed by atoms with Gasteiger partial charge in [0.1, 0.15) is 24.2 Å². The summed E-state index contributed by atoms with van der Waals surface area (Å²) in [6.45, 7) is 6.89. The van der Waals surface area contributed by atoms with Gasteiger partial charge in [0.15, 0.2) is 5.76 Å². The molecule has 1 unspecified atom stereocenters. The molecule has 3 heterocycles. The number of carbonyl (C=O) groups excluding carboxylic acids is 2. The molecule has 0 bridgehead atoms. The summed E-state index contributed by atoms with van der Waals surface area (Å²) < 4.78 is 19.5. The van der Waals surface area contributed by atoms with Crippen LogP contribution >= 0.6 is 11.6 Å². The lowest BCUT2D eigenvalue weighted by Crippen LogP contribution is -2.50. The third kappa shape index (κ3) is 6.18. The molecule has 1 N–H and O–H groups in total. The van der Waals surface area contributed by atoms with Crippen molar-refractivity contribution in [2.24, 2.45) is 0 Å². The zero-order valence-electron chi connectivity index (χ0n) is 20.6. The average molecular weight is 526 g/mol. The Balaban J connectivity index is 1.75. The first kappa shape index (κ1) is 26.0. The van der Waals surface area contributed by atoms with Gasteiger partial charge >= 0.3 is 0 Å². The summed E-state index contributed by atoms with van der Waals surface area (Å²) in [5.74, 6) is -0.398. The fraction of sp³-hybridized carbons (Fsp3) is 0.280. The molecule has 0 aliphatic heterocycles. The molecule has 0 spiro atoms. The van der Waals surface area contributed by atoms with Gasteiger partial charge in [0.05, 0.1) is 5.02 Å². The van der Waals surface area contributed by atoms with E-state index in [0.717, 1.165) is 10.9 Å². The zero-order chi connectivity index (χ0) is 26.7. The number of nitrogens with zero attached hydrogens (tertiary/aromatic N) is 6. The molecular formula is C25H25ClFN7O3. The third-order valence-electron chi connectivity index (χ3n) is 5.17. The summed E-state index contributed by atoms with van der Waals surface area (Å²) in [6.07, 6.45) is 3.03. The number of halogens is 2. The monoisotopic (exact) mass is 525 g/mol. The molecule has 4 rings (SSSR count). The van der Waals surface area contributed by atoms with Gasteiger partial charge in [-0.1, -0.05) is 11.6 Å². The van der Waals surface area contributed by atoms with Gasteiger partial charge in [-0.3, -0.25) is 19.5 Å². The van der Waals surface area contributed by atoms with E-state index in [0.29, 0.717) is 17.1 Å². The Kier molecular flexibility index (Phi) is 7.35. The smallest absolute Gasteiger partial charge is 0.251 e. The molecule has 1 aromatic carbocycles. The van der Waals surface area contributed by atoms with Crippen molar-refractivity contribution in [1.82, 2.24) is 30.5 Å². The van der Waals surface area contributed by atoms with Crippen molar-refractivity contribution in [3.63, 3.8) is 0 Å². The number of tetrazole rings is 1. The lowest BCUT2D eigenvalue weighted by molar-refractivity contribution is -0.128. The molecular weight excluding hydrogens is 501 g/mol. The minimum Gasteiger partial charge on any atom is -0.458 e. The van der Waals surface area contributed by atoms with Crippen LogP contribution in [0.15, 0.2) is 59.3 Å². The van der Waals surface area contributed by atoms with Crippen LogP contribution in [-0.2, 0) is 16.1 Å². The highest BCUT2D eigenvalue weighted by Gasteiger charge is 2.35. The van der Waals surface area contributed by atoms with Crippen LogP contribution in [-0.4, -0.2) is 42.5 Å². The highest BCUT2D eigenvalue weighted by atomic mass is 35.5. The largest absolute Gasteiger partial charge is 0.458 e. The first-order chi connectivity index (χ1) is 17.5. The molecule has 4 aromatic rings. The van der Waals surface area contributed by atoms with E-state index in [4.69, 9.17) is 16.0 Å². The van der Waals surface area contributed by atoms with Crippen molar-refractivity contribution in [2.75, 3.05) is 4.90 Å². The van der Waals surface area contributed by atoms with Crippen LogP contribution in [0.4, 0.5) is 10.1 Å². The Morgan fingerprint density at radius 1 is 1.16 bits per heavy atom. The van der Waals surface area contributed by atoms with Crippen molar-refractivity contribution < 1.29 is 18.4 Å². The molecule has 0 fully saturated rings. The maximum Gasteiger partial charge on any atom is 0.251 e. The number of anilines is 1. The maximum atomic E-state index is 14.0. The number of furan rings is 1. The van der Waals surface area contributed by atoms with Crippen LogP contribution in [0, 0.1) is 12.7 Å². The molecule has 2 amide bonds. The summed E-state index contributed by atoms with van der Waals surface area (Å²) in [7, 11) is 0. The SMILES string of the molecule is Cc1ccc(-c2nnn(CC(=O)N(c3ccc(F)c(Cl)c3)C(C(=O)NC(C)(C)C)c3ccncc3)n2)o1. The van der Waals surface area contributed by atoms with E-state index in [1.165, 1.54) is 29.4 Å². The number of rotatable bonds is 7. The number of carbonyl (C=O) groups is 2. The van der Waals surface area contributed by atoms with Crippen molar-refractivity contribution in [1.29, 1.82) is 0 Å². The highest BCUT2D eigenvalue weighted by molar-refractivity contribution is 6.31. The maximum absolute atomic E-state index is 14.0. The number of amides is 2. The van der Waals surface area contributed by atoms with Gasteiger partial charge < -0.3 is 9.73 Å². The van der Waals surface area contributed by atoms with Gasteiger partial charge in [0, 0.05) is 23.6 Å². The highest BCUT2D eigenvalue weighted by Crippen LogP contribution is 2.31. The first-order valence-corrected chi connectivity index (χ1v) is 11.7. The Morgan fingerprint density at radius 3 is 2.51 bits per heavy atom. The van der Waals surface area contributed by atoms with E-state index in [1.54, 1.807) is 31.2 Å². The lowest BCUT2D eigenvalue weighted by atomic mass is 10.0. The van der Waals surface area contributed by atoms with E-state index in [1.807, 2.05) is 20.8 Å². The topological polar surface area (TPSA) is 119 Å². The minimum atomic E-state index is -1.13. The van der Waals surface area contributed by atoms with Crippen molar-refractivity contribution in [3.8, 4) is 11.6 Å². The van der Waals surface area contributed by atoms with Gasteiger partial charge in [-0.2, -0.15) is 4.80 Å². The molecule has 1 atom stereocenters. The van der Waals surface area contributed by atoms with Crippen LogP contribution in [0.2, 0.25) is 5.02 Å². The second-order valence-electron chi connectivity index (χ2n) is 9.34. The summed E-state index contributed by atoms with van der Waals surface area (Å²) in [5, 5.41) is 14.9. The van der Waals surface area contributed by atoms with Crippen LogP contribution in [0.3, 0.4) is 0 Å². The molecule has 0 aliphatic rings. The zero-order valence-corrected chi connectivity index (χ0v) is 21.4. The number of aryl methyl sites for hydroxylation is 1. The molecule has 0 radical (unpaired) electrons. The van der Waals surface area contributed by atoms with Crippen molar-refractivity contribution in [2.45, 2.75) is 45.8 Å². The third-order valence-corrected chi connectivity index (χ3v) is 5.46. The van der Waals surface area contributed by atoms with E-state index in [-0.39, 0.29) is 23.1 Å². The molecule has 0 saturated heterocycles. The van der Waals surface area contributed by atoms with Gasteiger partial charge in [0.25, 0.3) is 5.91 Å². The minimum absolute atomic E-state index is 0.200. The number of pyridine rings is 1. The van der Waals surface area contributed by atoms with Gasteiger partial charge in [0.2, 0.25) is 11.7 Å². The average Bonchev–Trinajstić information content (AvgIpc) is 3.47. The van der Waals surface area contributed by atoms with Gasteiger partial charge in [-0.05, 0) is 80.9 Å². The Morgan fingerprint density at radius 2 is 1.89 bits per heavy atom. The van der Waals surface area contributed by atoms with Crippen molar-refractivity contribution >= 4 is 29.1 Å². The normalized spacial score (nSPS) is 12.3. The first-order valence-electron chi connectivity index (χ1n) is 11.4. The van der Waals surface area contributed by atoms with Crippen LogP contribution in [0.1, 0.15) is 38.1 Å². The standard InChI is InChI=1S/C25H25ClFN7O3/c1-15-5-8-20(37-15)23-30-32-33(31-23)14-21(35)34(17-6-7-19(27)18(26)13-17)22(16-9-11-28-12-10-16)24(36)29-25(2,3)4/h5-13,22H,14H2,1-4H3,(H,29,36). The molecule has 3 aromatic heterocycles. The summed E-state index contributed by atoms with van der Waals surface area (Å²) in [6, 6.07) is 9.38.